The van der Waals surface area contributed by atoms with Crippen molar-refractivity contribution in [2.75, 3.05) is 0 Å². The number of hydrogen-bond acceptors (Lipinski definition) is 4. The monoisotopic (exact) mass is 228 g/mol. The van der Waals surface area contributed by atoms with Crippen molar-refractivity contribution in [1.29, 1.82) is 0 Å². The van der Waals surface area contributed by atoms with Gasteiger partial charge in [-0.15, -0.1) is 0 Å². The van der Waals surface area contributed by atoms with Gasteiger partial charge in [-0.3, -0.25) is 0 Å². The summed E-state index contributed by atoms with van der Waals surface area (Å²) in [6, 6.07) is 11.6. The van der Waals surface area contributed by atoms with Crippen molar-refractivity contribution < 1.29 is 9.57 Å². The van der Waals surface area contributed by atoms with Gasteiger partial charge in [-0.2, -0.15) is 5.90 Å². The smallest absolute Gasteiger partial charge is 0.237 e. The van der Waals surface area contributed by atoms with E-state index in [9.17, 15) is 0 Å². The summed E-state index contributed by atoms with van der Waals surface area (Å²) in [7, 11) is 0. The van der Waals surface area contributed by atoms with Gasteiger partial charge in [0.05, 0.1) is 5.69 Å². The van der Waals surface area contributed by atoms with Crippen LogP contribution in [0.15, 0.2) is 36.4 Å². The first kappa shape index (κ1) is 10.1. The largest absolute Gasteiger partial charge is 0.455 e. The van der Waals surface area contributed by atoms with Gasteiger partial charge in [0.2, 0.25) is 5.88 Å². The highest BCUT2D eigenvalue weighted by molar-refractivity contribution is 5.43. The van der Waals surface area contributed by atoms with Gasteiger partial charge in [0.25, 0.3) is 0 Å². The van der Waals surface area contributed by atoms with Crippen LogP contribution in [0.3, 0.4) is 0 Å². The summed E-state index contributed by atoms with van der Waals surface area (Å²) < 4.78 is 5.84. The Bertz CT molecular complexity index is 555. The standard InChI is InChI=1S/C13H12N2O2/c14-17-13-8-7-12-10(15-13)6-5-9-3-1-2-4-11(9)16-12/h1-4,7-8H,5-6,14H2. The molecule has 17 heavy (non-hydrogen) atoms. The Balaban J connectivity index is 2.03. The number of nitrogens with zero attached hydrogens (tertiary/aromatic N) is 1. The molecule has 0 unspecified atom stereocenters. The molecular weight excluding hydrogens is 216 g/mol. The van der Waals surface area contributed by atoms with Crippen LogP contribution in [0.4, 0.5) is 0 Å². The van der Waals surface area contributed by atoms with Crippen molar-refractivity contribution in [3.05, 3.63) is 47.7 Å². The minimum Gasteiger partial charge on any atom is -0.455 e. The van der Waals surface area contributed by atoms with E-state index in [1.807, 2.05) is 24.3 Å². The van der Waals surface area contributed by atoms with Crippen molar-refractivity contribution in [3.8, 4) is 17.4 Å². The lowest BCUT2D eigenvalue weighted by molar-refractivity contribution is 0.318. The van der Waals surface area contributed by atoms with Crippen molar-refractivity contribution in [2.24, 2.45) is 5.90 Å². The van der Waals surface area contributed by atoms with Crippen LogP contribution < -0.4 is 15.5 Å². The molecule has 2 heterocycles. The van der Waals surface area contributed by atoms with Crippen LogP contribution in [0.25, 0.3) is 0 Å². The van der Waals surface area contributed by atoms with E-state index in [1.165, 1.54) is 5.56 Å². The predicted octanol–water partition coefficient (Wildman–Crippen LogP) is 2.23. The molecule has 0 bridgehead atoms. The SMILES string of the molecule is NOc1ccc2c(n1)CCc1ccccc1O2. The van der Waals surface area contributed by atoms with E-state index in [2.05, 4.69) is 15.9 Å². The summed E-state index contributed by atoms with van der Waals surface area (Å²) in [6.45, 7) is 0. The fourth-order valence-electron chi connectivity index (χ4n) is 1.99. The number of para-hydroxylation sites is 1. The number of aryl methyl sites for hydroxylation is 2. The summed E-state index contributed by atoms with van der Waals surface area (Å²) >= 11 is 0. The summed E-state index contributed by atoms with van der Waals surface area (Å²) in [4.78, 5) is 8.93. The number of fused-ring (bicyclic) bond motifs is 2. The molecule has 0 atom stereocenters. The van der Waals surface area contributed by atoms with Gasteiger partial charge in [-0.05, 0) is 30.5 Å². The third-order valence-corrected chi connectivity index (χ3v) is 2.85. The molecule has 2 aromatic rings. The molecule has 4 nitrogen and oxygen atoms in total. The third kappa shape index (κ3) is 1.83. The molecule has 0 saturated carbocycles. The van der Waals surface area contributed by atoms with Gasteiger partial charge < -0.3 is 9.57 Å². The zero-order valence-corrected chi connectivity index (χ0v) is 9.22. The van der Waals surface area contributed by atoms with Crippen molar-refractivity contribution in [1.82, 2.24) is 4.98 Å². The van der Waals surface area contributed by atoms with E-state index in [4.69, 9.17) is 10.6 Å². The highest BCUT2D eigenvalue weighted by Gasteiger charge is 2.15. The van der Waals surface area contributed by atoms with Crippen LogP contribution in [0.1, 0.15) is 11.3 Å². The number of benzene rings is 1. The number of rotatable bonds is 1. The molecule has 86 valence electrons. The Morgan fingerprint density at radius 1 is 1.06 bits per heavy atom. The molecule has 0 radical (unpaired) electrons. The van der Waals surface area contributed by atoms with Crippen LogP contribution in [-0.4, -0.2) is 4.98 Å². The molecule has 1 aromatic carbocycles. The molecule has 4 heteroatoms. The summed E-state index contributed by atoms with van der Waals surface area (Å²) in [6.07, 6.45) is 1.73. The lowest BCUT2D eigenvalue weighted by Gasteiger charge is -2.08. The molecule has 0 amide bonds. The second-order valence-electron chi connectivity index (χ2n) is 3.92. The maximum absolute atomic E-state index is 5.84. The number of aromatic nitrogens is 1. The first-order valence-electron chi connectivity index (χ1n) is 5.49. The Kier molecular flexibility index (Phi) is 2.42. The van der Waals surface area contributed by atoms with Gasteiger partial charge in [0.1, 0.15) is 11.5 Å². The molecule has 1 aromatic heterocycles. The normalized spacial score (nSPS) is 13.0. The fraction of sp³-hybridized carbons (Fsp3) is 0.154. The van der Waals surface area contributed by atoms with Gasteiger partial charge >= 0.3 is 0 Å². The van der Waals surface area contributed by atoms with E-state index >= 15 is 0 Å². The van der Waals surface area contributed by atoms with Gasteiger partial charge in [-0.25, -0.2) is 4.98 Å². The van der Waals surface area contributed by atoms with Gasteiger partial charge in [0.15, 0.2) is 0 Å². The average Bonchev–Trinajstić information content (AvgIpc) is 2.57. The summed E-state index contributed by atoms with van der Waals surface area (Å²) in [5.74, 6) is 7.19. The lowest BCUT2D eigenvalue weighted by atomic mass is 10.1. The minimum absolute atomic E-state index is 0.415. The maximum atomic E-state index is 5.84. The van der Waals surface area contributed by atoms with Crippen LogP contribution in [0, 0.1) is 0 Å². The minimum atomic E-state index is 0.415. The van der Waals surface area contributed by atoms with E-state index in [0.29, 0.717) is 5.88 Å². The van der Waals surface area contributed by atoms with Crippen LogP contribution >= 0.6 is 0 Å². The molecule has 2 N–H and O–H groups in total. The van der Waals surface area contributed by atoms with E-state index in [-0.39, 0.29) is 0 Å². The Labute approximate surface area is 99.0 Å². The molecule has 0 saturated heterocycles. The second kappa shape index (κ2) is 4.07. The first-order valence-corrected chi connectivity index (χ1v) is 5.49. The second-order valence-corrected chi connectivity index (χ2v) is 3.92. The molecule has 3 rings (SSSR count). The number of pyridine rings is 1. The number of ether oxygens (including phenoxy) is 1. The van der Waals surface area contributed by atoms with Crippen LogP contribution in [0.2, 0.25) is 0 Å². The molecule has 0 aliphatic carbocycles. The topological polar surface area (TPSA) is 57.4 Å². The zero-order valence-electron chi connectivity index (χ0n) is 9.22. The number of nitrogens with two attached hydrogens (primary N) is 1. The predicted molar refractivity (Wildman–Crippen MR) is 63.0 cm³/mol. The average molecular weight is 228 g/mol. The summed E-state index contributed by atoms with van der Waals surface area (Å²) in [5, 5.41) is 0. The third-order valence-electron chi connectivity index (χ3n) is 2.85. The fourth-order valence-corrected chi connectivity index (χ4v) is 1.99. The van der Waals surface area contributed by atoms with Gasteiger partial charge in [0, 0.05) is 6.07 Å². The molecule has 1 aliphatic heterocycles. The van der Waals surface area contributed by atoms with Gasteiger partial charge in [-0.1, -0.05) is 18.2 Å². The Hall–Kier alpha value is -2.07. The molecular formula is C13H12N2O2. The first-order chi connectivity index (χ1) is 8.36. The Morgan fingerprint density at radius 2 is 1.94 bits per heavy atom. The number of hydrogen-bond donors (Lipinski definition) is 1. The van der Waals surface area contributed by atoms with E-state index in [0.717, 1.165) is 30.0 Å². The quantitative estimate of drug-likeness (QED) is 0.760. The zero-order chi connectivity index (χ0) is 11.7. The van der Waals surface area contributed by atoms with Crippen LogP contribution in [-0.2, 0) is 12.8 Å². The van der Waals surface area contributed by atoms with E-state index < -0.39 is 0 Å². The Morgan fingerprint density at radius 3 is 2.82 bits per heavy atom. The highest BCUT2D eigenvalue weighted by Crippen LogP contribution is 2.33. The van der Waals surface area contributed by atoms with Crippen molar-refractivity contribution >= 4 is 0 Å². The molecule has 1 aliphatic rings. The lowest BCUT2D eigenvalue weighted by Crippen LogP contribution is -2.05. The molecule has 0 spiro atoms. The van der Waals surface area contributed by atoms with Crippen molar-refractivity contribution in [2.45, 2.75) is 12.8 Å². The van der Waals surface area contributed by atoms with Crippen LogP contribution in [0.5, 0.6) is 17.4 Å². The van der Waals surface area contributed by atoms with E-state index in [1.54, 1.807) is 6.07 Å². The maximum Gasteiger partial charge on any atom is 0.237 e. The summed E-state index contributed by atoms with van der Waals surface area (Å²) in [5.41, 5.74) is 2.07. The highest BCUT2D eigenvalue weighted by atomic mass is 16.6. The van der Waals surface area contributed by atoms with Crippen molar-refractivity contribution in [3.63, 3.8) is 0 Å². The molecule has 0 fully saturated rings.